The van der Waals surface area contributed by atoms with Crippen LogP contribution < -0.4 is 11.1 Å². The highest BCUT2D eigenvalue weighted by Gasteiger charge is 2.15. The smallest absolute Gasteiger partial charge is 0.101 e. The Hall–Kier alpha value is -1.73. The number of nitriles is 1. The van der Waals surface area contributed by atoms with Crippen LogP contribution in [0.2, 0.25) is 0 Å². The lowest BCUT2D eigenvalue weighted by molar-refractivity contribution is 0.120. The molecule has 0 amide bonds. The maximum Gasteiger partial charge on any atom is 0.101 e. The molecule has 1 heterocycles. The fourth-order valence-corrected chi connectivity index (χ4v) is 1.84. The molecule has 84 valence electrons. The van der Waals surface area contributed by atoms with E-state index in [2.05, 4.69) is 11.4 Å². The van der Waals surface area contributed by atoms with Crippen molar-refractivity contribution >= 4 is 11.4 Å². The molecular weight excluding hydrogens is 202 g/mol. The van der Waals surface area contributed by atoms with Crippen molar-refractivity contribution < 1.29 is 4.74 Å². The Morgan fingerprint density at radius 2 is 2.44 bits per heavy atom. The van der Waals surface area contributed by atoms with Gasteiger partial charge in [0.2, 0.25) is 0 Å². The lowest BCUT2D eigenvalue weighted by Crippen LogP contribution is -2.18. The van der Waals surface area contributed by atoms with Crippen molar-refractivity contribution in [2.45, 2.75) is 18.9 Å². The average Bonchev–Trinajstić information content (AvgIpc) is 2.80. The van der Waals surface area contributed by atoms with Crippen molar-refractivity contribution in [3.63, 3.8) is 0 Å². The van der Waals surface area contributed by atoms with Gasteiger partial charge in [-0.25, -0.2) is 0 Å². The van der Waals surface area contributed by atoms with Gasteiger partial charge in [0.05, 0.1) is 17.4 Å². The second-order valence-electron chi connectivity index (χ2n) is 3.93. The summed E-state index contributed by atoms with van der Waals surface area (Å²) in [6.07, 6.45) is 2.48. The number of hydrogen-bond donors (Lipinski definition) is 2. The summed E-state index contributed by atoms with van der Waals surface area (Å²) in [7, 11) is 0. The molecule has 0 unspecified atom stereocenters. The van der Waals surface area contributed by atoms with Crippen molar-refractivity contribution in [3.05, 3.63) is 23.8 Å². The minimum absolute atomic E-state index is 0.268. The van der Waals surface area contributed by atoms with Gasteiger partial charge < -0.3 is 15.8 Å². The molecule has 0 spiro atoms. The number of nitrogens with two attached hydrogens (primary N) is 1. The highest BCUT2D eigenvalue weighted by atomic mass is 16.5. The minimum atomic E-state index is 0.268. The predicted molar refractivity (Wildman–Crippen MR) is 63.0 cm³/mol. The lowest BCUT2D eigenvalue weighted by atomic mass is 10.1. The number of nitrogen functional groups attached to an aromatic ring is 1. The summed E-state index contributed by atoms with van der Waals surface area (Å²) >= 11 is 0. The van der Waals surface area contributed by atoms with Crippen LogP contribution >= 0.6 is 0 Å². The highest BCUT2D eigenvalue weighted by Crippen LogP contribution is 2.19. The normalized spacial score (nSPS) is 19.3. The number of hydrogen-bond acceptors (Lipinski definition) is 4. The van der Waals surface area contributed by atoms with Gasteiger partial charge >= 0.3 is 0 Å². The third-order valence-corrected chi connectivity index (χ3v) is 2.71. The Labute approximate surface area is 95.0 Å². The average molecular weight is 217 g/mol. The summed E-state index contributed by atoms with van der Waals surface area (Å²) in [5, 5.41) is 12.2. The summed E-state index contributed by atoms with van der Waals surface area (Å²) in [6.45, 7) is 1.60. The van der Waals surface area contributed by atoms with E-state index in [0.717, 1.165) is 31.7 Å². The Balaban J connectivity index is 2.00. The van der Waals surface area contributed by atoms with Gasteiger partial charge in [0.15, 0.2) is 0 Å². The molecule has 1 aromatic rings. The number of ether oxygens (including phenoxy) is 1. The molecule has 0 aliphatic carbocycles. The summed E-state index contributed by atoms with van der Waals surface area (Å²) in [5.74, 6) is 0. The number of nitrogens with zero attached hydrogens (tertiary/aromatic N) is 1. The third-order valence-electron chi connectivity index (χ3n) is 2.71. The first-order chi connectivity index (χ1) is 7.79. The van der Waals surface area contributed by atoms with Crippen LogP contribution in [-0.2, 0) is 4.74 Å². The van der Waals surface area contributed by atoms with Crippen LogP contribution in [0.15, 0.2) is 18.2 Å². The van der Waals surface area contributed by atoms with E-state index < -0.39 is 0 Å². The first-order valence-electron chi connectivity index (χ1n) is 5.44. The highest BCUT2D eigenvalue weighted by molar-refractivity contribution is 5.62. The van der Waals surface area contributed by atoms with Crippen molar-refractivity contribution in [1.82, 2.24) is 0 Å². The van der Waals surface area contributed by atoms with Gasteiger partial charge in [-0.05, 0) is 31.0 Å². The fourth-order valence-electron chi connectivity index (χ4n) is 1.84. The maximum atomic E-state index is 8.96. The minimum Gasteiger partial charge on any atom is -0.399 e. The first kappa shape index (κ1) is 10.8. The molecule has 0 radical (unpaired) electrons. The molecule has 4 nitrogen and oxygen atoms in total. The van der Waals surface area contributed by atoms with Crippen LogP contribution in [0.3, 0.4) is 0 Å². The second-order valence-corrected chi connectivity index (χ2v) is 3.93. The van der Waals surface area contributed by atoms with Crippen LogP contribution in [-0.4, -0.2) is 19.3 Å². The Bertz CT molecular complexity index is 405. The second kappa shape index (κ2) is 4.86. The van der Waals surface area contributed by atoms with Gasteiger partial charge in [0, 0.05) is 18.8 Å². The molecule has 1 saturated heterocycles. The first-order valence-corrected chi connectivity index (χ1v) is 5.44. The molecule has 2 rings (SSSR count). The van der Waals surface area contributed by atoms with Gasteiger partial charge in [-0.1, -0.05) is 0 Å². The van der Waals surface area contributed by atoms with E-state index in [0.29, 0.717) is 11.3 Å². The summed E-state index contributed by atoms with van der Waals surface area (Å²) in [6, 6.07) is 7.43. The van der Waals surface area contributed by atoms with Crippen molar-refractivity contribution in [3.8, 4) is 6.07 Å². The summed E-state index contributed by atoms with van der Waals surface area (Å²) < 4.78 is 5.50. The zero-order valence-electron chi connectivity index (χ0n) is 9.07. The van der Waals surface area contributed by atoms with Crippen LogP contribution in [0.25, 0.3) is 0 Å². The monoisotopic (exact) mass is 217 g/mol. The van der Waals surface area contributed by atoms with Gasteiger partial charge in [-0.2, -0.15) is 5.26 Å². The van der Waals surface area contributed by atoms with E-state index in [1.807, 2.05) is 6.07 Å². The molecule has 1 fully saturated rings. The van der Waals surface area contributed by atoms with E-state index in [-0.39, 0.29) is 6.10 Å². The number of benzene rings is 1. The van der Waals surface area contributed by atoms with E-state index in [4.69, 9.17) is 15.7 Å². The van der Waals surface area contributed by atoms with Crippen LogP contribution in [0.1, 0.15) is 18.4 Å². The fraction of sp³-hybridized carbons (Fsp3) is 0.417. The van der Waals surface area contributed by atoms with Crippen LogP contribution in [0.5, 0.6) is 0 Å². The molecule has 1 aliphatic rings. The summed E-state index contributed by atoms with van der Waals surface area (Å²) in [5.41, 5.74) is 7.64. The van der Waals surface area contributed by atoms with Crippen molar-refractivity contribution in [2.24, 2.45) is 0 Å². The molecule has 1 atom stereocenters. The quantitative estimate of drug-likeness (QED) is 0.756. The van der Waals surface area contributed by atoms with E-state index in [1.54, 1.807) is 12.1 Å². The zero-order valence-corrected chi connectivity index (χ0v) is 9.07. The largest absolute Gasteiger partial charge is 0.399 e. The van der Waals surface area contributed by atoms with Crippen molar-refractivity contribution in [2.75, 3.05) is 24.2 Å². The van der Waals surface area contributed by atoms with Crippen LogP contribution in [0.4, 0.5) is 11.4 Å². The number of rotatable bonds is 3. The molecule has 16 heavy (non-hydrogen) atoms. The van der Waals surface area contributed by atoms with E-state index in [9.17, 15) is 0 Å². The molecule has 0 aromatic heterocycles. The Kier molecular flexibility index (Phi) is 3.28. The number of nitrogens with one attached hydrogen (secondary N) is 1. The Morgan fingerprint density at radius 1 is 1.56 bits per heavy atom. The molecule has 1 aliphatic heterocycles. The topological polar surface area (TPSA) is 71.1 Å². The van der Waals surface area contributed by atoms with E-state index in [1.165, 1.54) is 0 Å². The van der Waals surface area contributed by atoms with Crippen LogP contribution in [0, 0.1) is 11.3 Å². The van der Waals surface area contributed by atoms with Gasteiger partial charge in [-0.3, -0.25) is 0 Å². The summed E-state index contributed by atoms with van der Waals surface area (Å²) in [4.78, 5) is 0. The van der Waals surface area contributed by atoms with Gasteiger partial charge in [0.1, 0.15) is 6.07 Å². The molecule has 0 saturated carbocycles. The lowest BCUT2D eigenvalue weighted by Gasteiger charge is -2.13. The Morgan fingerprint density at radius 3 is 3.12 bits per heavy atom. The third kappa shape index (κ3) is 2.44. The predicted octanol–water partition coefficient (Wildman–Crippen LogP) is 1.73. The molecule has 1 aromatic carbocycles. The van der Waals surface area contributed by atoms with Crippen molar-refractivity contribution in [1.29, 1.82) is 5.26 Å². The molecular formula is C12H15N3O. The SMILES string of the molecule is N#Cc1cc(N)ccc1NC[C@H]1CCCO1. The standard InChI is InChI=1S/C12H15N3O/c13-7-9-6-10(14)3-4-12(9)15-8-11-2-1-5-16-11/h3-4,6,11,15H,1-2,5,8,14H2/t11-/m1/s1. The number of anilines is 2. The van der Waals surface area contributed by atoms with Gasteiger partial charge in [0.25, 0.3) is 0 Å². The molecule has 0 bridgehead atoms. The molecule has 3 N–H and O–H groups in total. The molecule has 4 heteroatoms. The maximum absolute atomic E-state index is 8.96. The zero-order chi connectivity index (χ0) is 11.4. The van der Waals surface area contributed by atoms with Gasteiger partial charge in [-0.15, -0.1) is 0 Å². The van der Waals surface area contributed by atoms with E-state index >= 15 is 0 Å².